The fourth-order valence-electron chi connectivity index (χ4n) is 1.91. The number of hydrogen-bond acceptors (Lipinski definition) is 5. The van der Waals surface area contributed by atoms with Crippen LogP contribution in [0.15, 0.2) is 57.3 Å². The molecule has 2 aromatic carbocycles. The SMILES string of the molecule is CCOC(=O)c1cccc(N(C)N=Nc2ccc(OC)cc2Br)c1. The van der Waals surface area contributed by atoms with Gasteiger partial charge in [-0.2, -0.15) is 0 Å². The molecule has 0 aliphatic carbocycles. The second kappa shape index (κ2) is 8.44. The summed E-state index contributed by atoms with van der Waals surface area (Å²) in [4.78, 5) is 11.8. The molecule has 7 heteroatoms. The van der Waals surface area contributed by atoms with Gasteiger partial charge in [-0.1, -0.05) is 11.3 Å². The number of ether oxygens (including phenoxy) is 2. The third kappa shape index (κ3) is 4.55. The maximum atomic E-state index is 11.8. The quantitative estimate of drug-likeness (QED) is 0.404. The molecule has 0 bridgehead atoms. The Hall–Kier alpha value is -2.41. The van der Waals surface area contributed by atoms with Gasteiger partial charge in [-0.05, 0) is 59.3 Å². The summed E-state index contributed by atoms with van der Waals surface area (Å²) in [6.45, 7) is 2.11. The topological polar surface area (TPSA) is 63.5 Å². The van der Waals surface area contributed by atoms with Crippen molar-refractivity contribution < 1.29 is 14.3 Å². The van der Waals surface area contributed by atoms with E-state index in [-0.39, 0.29) is 5.97 Å². The van der Waals surface area contributed by atoms with Gasteiger partial charge in [0.25, 0.3) is 0 Å². The number of carbonyl (C=O) groups excluding carboxylic acids is 1. The zero-order chi connectivity index (χ0) is 17.5. The standard InChI is InChI=1S/C17H18BrN3O3/c1-4-24-17(22)12-6-5-7-13(10-12)21(2)20-19-16-9-8-14(23-3)11-15(16)18/h5-11H,4H2,1-3H3. The van der Waals surface area contributed by atoms with E-state index in [0.717, 1.165) is 15.9 Å². The summed E-state index contributed by atoms with van der Waals surface area (Å²) >= 11 is 3.43. The fraction of sp³-hybridized carbons (Fsp3) is 0.235. The number of nitrogens with zero attached hydrogens (tertiary/aromatic N) is 3. The van der Waals surface area contributed by atoms with Gasteiger partial charge in [0, 0.05) is 11.5 Å². The van der Waals surface area contributed by atoms with Crippen molar-refractivity contribution in [3.8, 4) is 5.75 Å². The second-order valence-corrected chi connectivity index (χ2v) is 5.66. The van der Waals surface area contributed by atoms with Gasteiger partial charge in [-0.25, -0.2) is 9.80 Å². The van der Waals surface area contributed by atoms with Crippen molar-refractivity contribution in [2.45, 2.75) is 6.92 Å². The van der Waals surface area contributed by atoms with Gasteiger partial charge < -0.3 is 9.47 Å². The van der Waals surface area contributed by atoms with Crippen LogP contribution >= 0.6 is 15.9 Å². The molecule has 2 aromatic rings. The zero-order valence-electron chi connectivity index (χ0n) is 13.7. The smallest absolute Gasteiger partial charge is 0.338 e. The van der Waals surface area contributed by atoms with Crippen LogP contribution < -0.4 is 9.75 Å². The highest BCUT2D eigenvalue weighted by Crippen LogP contribution is 2.30. The predicted molar refractivity (Wildman–Crippen MR) is 96.0 cm³/mol. The largest absolute Gasteiger partial charge is 0.497 e. The molecule has 0 amide bonds. The first-order chi connectivity index (χ1) is 11.5. The third-order valence-corrected chi connectivity index (χ3v) is 3.81. The first kappa shape index (κ1) is 17.9. The van der Waals surface area contributed by atoms with Gasteiger partial charge in [0.05, 0.1) is 25.0 Å². The minimum atomic E-state index is -0.359. The number of halogens is 1. The molecule has 6 nitrogen and oxygen atoms in total. The van der Waals surface area contributed by atoms with Crippen LogP contribution in [0, 0.1) is 0 Å². The van der Waals surface area contributed by atoms with E-state index in [9.17, 15) is 4.79 Å². The molecule has 0 fully saturated rings. The number of carbonyl (C=O) groups is 1. The summed E-state index contributed by atoms with van der Waals surface area (Å²) in [6.07, 6.45) is 0. The van der Waals surface area contributed by atoms with Crippen molar-refractivity contribution in [1.29, 1.82) is 0 Å². The van der Waals surface area contributed by atoms with Crippen LogP contribution in [0.5, 0.6) is 5.75 Å². The molecule has 0 unspecified atom stereocenters. The normalized spacial score (nSPS) is 10.7. The molecule has 0 aliphatic heterocycles. The number of esters is 1. The lowest BCUT2D eigenvalue weighted by molar-refractivity contribution is 0.0526. The van der Waals surface area contributed by atoms with Crippen LogP contribution in [0.1, 0.15) is 17.3 Å². The molecule has 0 N–H and O–H groups in total. The molecule has 0 heterocycles. The monoisotopic (exact) mass is 391 g/mol. The Morgan fingerprint density at radius 1 is 1.25 bits per heavy atom. The Labute approximate surface area is 149 Å². The van der Waals surface area contributed by atoms with Crippen LogP contribution in [0.2, 0.25) is 0 Å². The van der Waals surface area contributed by atoms with Gasteiger partial charge in [0.1, 0.15) is 11.4 Å². The molecule has 0 spiro atoms. The summed E-state index contributed by atoms with van der Waals surface area (Å²) in [5.41, 5.74) is 1.88. The van der Waals surface area contributed by atoms with Gasteiger partial charge >= 0.3 is 5.97 Å². The Morgan fingerprint density at radius 3 is 2.71 bits per heavy atom. The lowest BCUT2D eigenvalue weighted by Gasteiger charge is -2.12. The maximum absolute atomic E-state index is 11.8. The van der Waals surface area contributed by atoms with Gasteiger partial charge in [-0.15, -0.1) is 5.11 Å². The van der Waals surface area contributed by atoms with E-state index >= 15 is 0 Å². The maximum Gasteiger partial charge on any atom is 0.338 e. The van der Waals surface area contributed by atoms with E-state index in [0.29, 0.717) is 17.9 Å². The zero-order valence-corrected chi connectivity index (χ0v) is 15.3. The summed E-state index contributed by atoms with van der Waals surface area (Å²) in [6, 6.07) is 12.4. The van der Waals surface area contributed by atoms with Crippen LogP contribution in [0.25, 0.3) is 0 Å². The number of anilines is 1. The van der Waals surface area contributed by atoms with Crippen LogP contribution in [0.3, 0.4) is 0 Å². The molecule has 2 rings (SSSR count). The second-order valence-electron chi connectivity index (χ2n) is 4.80. The molecule has 0 aromatic heterocycles. The highest BCUT2D eigenvalue weighted by molar-refractivity contribution is 9.10. The summed E-state index contributed by atoms with van der Waals surface area (Å²) in [7, 11) is 3.36. The predicted octanol–water partition coefficient (Wildman–Crippen LogP) is 4.77. The van der Waals surface area contributed by atoms with Crippen LogP contribution in [-0.4, -0.2) is 26.7 Å². The third-order valence-electron chi connectivity index (χ3n) is 3.17. The van der Waals surface area contributed by atoms with Crippen LogP contribution in [-0.2, 0) is 4.74 Å². The first-order valence-electron chi connectivity index (χ1n) is 7.31. The summed E-state index contributed by atoms with van der Waals surface area (Å²) < 4.78 is 10.9. The van der Waals surface area contributed by atoms with E-state index in [2.05, 4.69) is 26.3 Å². The number of hydrogen-bond donors (Lipinski definition) is 0. The van der Waals surface area contributed by atoms with E-state index in [1.807, 2.05) is 12.1 Å². The highest BCUT2D eigenvalue weighted by Gasteiger charge is 2.09. The molecule has 0 atom stereocenters. The highest BCUT2D eigenvalue weighted by atomic mass is 79.9. The van der Waals surface area contributed by atoms with Crippen molar-refractivity contribution in [2.24, 2.45) is 10.3 Å². The molecule has 0 saturated carbocycles. The Bertz CT molecular complexity index is 750. The molecular formula is C17H18BrN3O3. The fourth-order valence-corrected chi connectivity index (χ4v) is 2.35. The van der Waals surface area contributed by atoms with Gasteiger partial charge in [0.15, 0.2) is 0 Å². The lowest BCUT2D eigenvalue weighted by atomic mass is 10.2. The lowest BCUT2D eigenvalue weighted by Crippen LogP contribution is -2.10. The van der Waals surface area contributed by atoms with Crippen molar-refractivity contribution in [3.63, 3.8) is 0 Å². The van der Waals surface area contributed by atoms with Crippen molar-refractivity contribution >= 4 is 33.3 Å². The molecule has 126 valence electrons. The number of methoxy groups -OCH3 is 1. The Morgan fingerprint density at radius 2 is 2.04 bits per heavy atom. The average Bonchev–Trinajstić information content (AvgIpc) is 2.60. The minimum Gasteiger partial charge on any atom is -0.497 e. The van der Waals surface area contributed by atoms with E-state index in [1.54, 1.807) is 56.4 Å². The molecule has 0 saturated heterocycles. The number of benzene rings is 2. The van der Waals surface area contributed by atoms with Gasteiger partial charge in [0.2, 0.25) is 0 Å². The molecule has 0 radical (unpaired) electrons. The number of rotatable bonds is 6. The Kier molecular flexibility index (Phi) is 6.31. The van der Waals surface area contributed by atoms with Gasteiger partial charge in [-0.3, -0.25) is 0 Å². The van der Waals surface area contributed by atoms with E-state index in [1.165, 1.54) is 0 Å². The molecule has 24 heavy (non-hydrogen) atoms. The van der Waals surface area contributed by atoms with Crippen LogP contribution in [0.4, 0.5) is 11.4 Å². The summed E-state index contributed by atoms with van der Waals surface area (Å²) in [5, 5.41) is 9.95. The Balaban J connectivity index is 2.16. The van der Waals surface area contributed by atoms with E-state index < -0.39 is 0 Å². The summed E-state index contributed by atoms with van der Waals surface area (Å²) in [5.74, 6) is 0.374. The molecular weight excluding hydrogens is 374 g/mol. The van der Waals surface area contributed by atoms with Crippen molar-refractivity contribution in [2.75, 3.05) is 25.8 Å². The average molecular weight is 392 g/mol. The van der Waals surface area contributed by atoms with Crippen molar-refractivity contribution in [1.82, 2.24) is 0 Å². The van der Waals surface area contributed by atoms with E-state index in [4.69, 9.17) is 9.47 Å². The minimum absolute atomic E-state index is 0.337. The van der Waals surface area contributed by atoms with Crippen molar-refractivity contribution in [3.05, 3.63) is 52.5 Å². The first-order valence-corrected chi connectivity index (χ1v) is 8.10. The molecule has 0 aliphatic rings.